The van der Waals surface area contributed by atoms with Crippen molar-refractivity contribution in [3.63, 3.8) is 0 Å². The molecular weight excluding hydrogens is 262 g/mol. The van der Waals surface area contributed by atoms with E-state index >= 15 is 0 Å². The van der Waals surface area contributed by atoms with Crippen LogP contribution in [0.4, 0.5) is 0 Å². The van der Waals surface area contributed by atoms with E-state index in [0.717, 1.165) is 19.6 Å². The van der Waals surface area contributed by atoms with E-state index in [1.54, 1.807) is 0 Å². The Kier molecular flexibility index (Phi) is 4.48. The van der Waals surface area contributed by atoms with Crippen LogP contribution in [0.3, 0.4) is 0 Å². The summed E-state index contributed by atoms with van der Waals surface area (Å²) in [5.74, 6) is 0. The van der Waals surface area contributed by atoms with Gasteiger partial charge < -0.3 is 9.84 Å². The molecule has 1 saturated heterocycles. The van der Waals surface area contributed by atoms with Crippen LogP contribution in [0.5, 0.6) is 0 Å². The molecule has 118 valence electrons. The quantitative estimate of drug-likeness (QED) is 0.926. The lowest BCUT2D eigenvalue weighted by Gasteiger charge is -2.49. The zero-order valence-corrected chi connectivity index (χ0v) is 14.0. The van der Waals surface area contributed by atoms with E-state index in [2.05, 4.69) is 51.7 Å². The minimum absolute atomic E-state index is 0.148. The van der Waals surface area contributed by atoms with E-state index in [0.29, 0.717) is 0 Å². The predicted molar refractivity (Wildman–Crippen MR) is 86.6 cm³/mol. The topological polar surface area (TPSA) is 32.7 Å². The van der Waals surface area contributed by atoms with Crippen molar-refractivity contribution in [2.75, 3.05) is 26.2 Å². The Morgan fingerprint density at radius 2 is 1.62 bits per heavy atom. The fourth-order valence-electron chi connectivity index (χ4n) is 3.62. The zero-order chi connectivity index (χ0) is 15.7. The zero-order valence-electron chi connectivity index (χ0n) is 14.0. The summed E-state index contributed by atoms with van der Waals surface area (Å²) in [5.41, 5.74) is 0.628. The molecule has 0 aromatic heterocycles. The van der Waals surface area contributed by atoms with E-state index in [-0.39, 0.29) is 23.2 Å². The molecule has 1 atom stereocenters. The molecule has 1 aromatic carbocycles. The fraction of sp³-hybridized carbons (Fsp3) is 0.667. The molecule has 0 bridgehead atoms. The summed E-state index contributed by atoms with van der Waals surface area (Å²) >= 11 is 0. The molecule has 1 aliphatic heterocycles. The van der Waals surface area contributed by atoms with Crippen LogP contribution in [-0.2, 0) is 10.2 Å². The summed E-state index contributed by atoms with van der Waals surface area (Å²) in [5, 5.41) is 9.97. The van der Waals surface area contributed by atoms with Gasteiger partial charge in [-0.3, -0.25) is 4.90 Å². The number of aliphatic hydroxyl groups excluding tert-OH is 1. The highest BCUT2D eigenvalue weighted by Crippen LogP contribution is 2.31. The second kappa shape index (κ2) is 5.71. The summed E-state index contributed by atoms with van der Waals surface area (Å²) in [4.78, 5) is 2.42. The Bertz CT molecular complexity index is 453. The molecule has 0 aliphatic carbocycles. The third-order valence-corrected chi connectivity index (χ3v) is 4.15. The molecule has 0 amide bonds. The lowest BCUT2D eigenvalue weighted by atomic mass is 9.82. The van der Waals surface area contributed by atoms with Crippen molar-refractivity contribution >= 4 is 0 Å². The van der Waals surface area contributed by atoms with Crippen LogP contribution in [0.15, 0.2) is 30.3 Å². The highest BCUT2D eigenvalue weighted by molar-refractivity contribution is 5.25. The molecule has 2 rings (SSSR count). The van der Waals surface area contributed by atoms with E-state index in [1.165, 1.54) is 5.56 Å². The molecule has 1 heterocycles. The van der Waals surface area contributed by atoms with Gasteiger partial charge >= 0.3 is 0 Å². The Hall–Kier alpha value is -0.900. The maximum atomic E-state index is 9.97. The van der Waals surface area contributed by atoms with Gasteiger partial charge in [0.2, 0.25) is 0 Å². The average molecular weight is 291 g/mol. The van der Waals surface area contributed by atoms with E-state index in [4.69, 9.17) is 4.74 Å². The minimum Gasteiger partial charge on any atom is -0.395 e. The SMILES string of the molecule is CC1(C)CN(CC(C)(CO)c2ccccc2)CC(C)(C)O1. The molecule has 1 fully saturated rings. The van der Waals surface area contributed by atoms with E-state index < -0.39 is 0 Å². The van der Waals surface area contributed by atoms with Crippen LogP contribution in [0.2, 0.25) is 0 Å². The number of hydrogen-bond acceptors (Lipinski definition) is 3. The maximum absolute atomic E-state index is 9.97. The van der Waals surface area contributed by atoms with Crippen molar-refractivity contribution in [2.24, 2.45) is 0 Å². The normalized spacial score (nSPS) is 24.5. The predicted octanol–water partition coefficient (Wildman–Crippen LogP) is 2.83. The highest BCUT2D eigenvalue weighted by Gasteiger charge is 2.40. The first-order chi connectivity index (χ1) is 9.66. The van der Waals surface area contributed by atoms with Crippen molar-refractivity contribution in [1.82, 2.24) is 4.90 Å². The molecule has 0 spiro atoms. The molecule has 1 unspecified atom stereocenters. The van der Waals surface area contributed by atoms with E-state index in [9.17, 15) is 5.11 Å². The van der Waals surface area contributed by atoms with Crippen LogP contribution in [0.25, 0.3) is 0 Å². The van der Waals surface area contributed by atoms with Gasteiger partial charge in [-0.1, -0.05) is 37.3 Å². The molecule has 1 N–H and O–H groups in total. The van der Waals surface area contributed by atoms with Crippen molar-refractivity contribution in [1.29, 1.82) is 0 Å². The van der Waals surface area contributed by atoms with Crippen LogP contribution in [0.1, 0.15) is 40.2 Å². The second-order valence-corrected chi connectivity index (χ2v) is 7.85. The molecule has 21 heavy (non-hydrogen) atoms. The average Bonchev–Trinajstić information content (AvgIpc) is 2.35. The van der Waals surface area contributed by atoms with Crippen LogP contribution in [0, 0.1) is 0 Å². The molecule has 1 aromatic rings. The smallest absolute Gasteiger partial charge is 0.0760 e. The first-order valence-corrected chi connectivity index (χ1v) is 7.75. The van der Waals surface area contributed by atoms with Crippen LogP contribution in [-0.4, -0.2) is 47.4 Å². The Labute approximate surface area is 128 Å². The maximum Gasteiger partial charge on any atom is 0.0760 e. The highest BCUT2D eigenvalue weighted by atomic mass is 16.5. The van der Waals surface area contributed by atoms with Gasteiger partial charge in [-0.25, -0.2) is 0 Å². The number of nitrogens with zero attached hydrogens (tertiary/aromatic N) is 1. The van der Waals surface area contributed by atoms with Gasteiger partial charge in [0.15, 0.2) is 0 Å². The van der Waals surface area contributed by atoms with Gasteiger partial charge in [-0.15, -0.1) is 0 Å². The molecule has 0 radical (unpaired) electrons. The lowest BCUT2D eigenvalue weighted by molar-refractivity contribution is -0.183. The monoisotopic (exact) mass is 291 g/mol. The van der Waals surface area contributed by atoms with Gasteiger partial charge in [0.05, 0.1) is 17.8 Å². The molecule has 3 heteroatoms. The summed E-state index contributed by atoms with van der Waals surface area (Å²) in [7, 11) is 0. The molecule has 0 saturated carbocycles. The summed E-state index contributed by atoms with van der Waals surface area (Å²) in [6.45, 7) is 13.5. The number of hydrogen-bond donors (Lipinski definition) is 1. The summed E-state index contributed by atoms with van der Waals surface area (Å²) in [6.07, 6.45) is 0. The number of benzene rings is 1. The largest absolute Gasteiger partial charge is 0.395 e. The van der Waals surface area contributed by atoms with E-state index in [1.807, 2.05) is 18.2 Å². The molecule has 3 nitrogen and oxygen atoms in total. The van der Waals surface area contributed by atoms with Gasteiger partial charge in [0.1, 0.15) is 0 Å². The van der Waals surface area contributed by atoms with Gasteiger partial charge in [0.25, 0.3) is 0 Å². The van der Waals surface area contributed by atoms with Gasteiger partial charge in [-0.2, -0.15) is 0 Å². The Morgan fingerprint density at radius 3 is 2.10 bits per heavy atom. The minimum atomic E-state index is -0.245. The lowest BCUT2D eigenvalue weighted by Crippen LogP contribution is -2.59. The van der Waals surface area contributed by atoms with Crippen molar-refractivity contribution < 1.29 is 9.84 Å². The number of aliphatic hydroxyl groups is 1. The second-order valence-electron chi connectivity index (χ2n) is 7.85. The third-order valence-electron chi connectivity index (χ3n) is 4.15. The Morgan fingerprint density at radius 1 is 1.10 bits per heavy atom. The van der Waals surface area contributed by atoms with Crippen molar-refractivity contribution in [2.45, 2.75) is 51.2 Å². The third kappa shape index (κ3) is 4.06. The number of rotatable bonds is 4. The molecule has 1 aliphatic rings. The van der Waals surface area contributed by atoms with Crippen LogP contribution < -0.4 is 0 Å². The van der Waals surface area contributed by atoms with Crippen LogP contribution >= 0.6 is 0 Å². The first-order valence-electron chi connectivity index (χ1n) is 7.75. The van der Waals surface area contributed by atoms with Crippen molar-refractivity contribution in [3.8, 4) is 0 Å². The Balaban J connectivity index is 2.18. The van der Waals surface area contributed by atoms with Gasteiger partial charge in [-0.05, 0) is 33.3 Å². The van der Waals surface area contributed by atoms with Crippen molar-refractivity contribution in [3.05, 3.63) is 35.9 Å². The molecular formula is C18H29NO2. The summed E-state index contributed by atoms with van der Waals surface area (Å²) in [6, 6.07) is 10.3. The standard InChI is InChI=1S/C18H29NO2/c1-16(2)11-19(12-17(3,4)21-16)13-18(5,14-20)15-9-7-6-8-10-15/h6-10,20H,11-14H2,1-5H3. The number of morpholine rings is 1. The summed E-state index contributed by atoms with van der Waals surface area (Å²) < 4.78 is 6.14. The first kappa shape index (κ1) is 16.5. The number of ether oxygens (including phenoxy) is 1. The van der Waals surface area contributed by atoms with Gasteiger partial charge in [0, 0.05) is 25.0 Å². The fourth-order valence-corrected chi connectivity index (χ4v) is 3.62.